The number of carbonyl (C=O) groups excluding carboxylic acids is 1. The molecule has 0 bridgehead atoms. The van der Waals surface area contributed by atoms with E-state index in [1.807, 2.05) is 13.8 Å². The van der Waals surface area contributed by atoms with Gasteiger partial charge in [0.25, 0.3) is 0 Å². The lowest BCUT2D eigenvalue weighted by Gasteiger charge is -2.31. The SMILES string of the molecule is CC(=O)OC(C)(C)CC1CCCCC1. The zero-order valence-corrected chi connectivity index (χ0v) is 9.64. The Labute approximate surface area is 87.0 Å². The lowest BCUT2D eigenvalue weighted by atomic mass is 9.82. The van der Waals surface area contributed by atoms with E-state index in [9.17, 15) is 4.79 Å². The summed E-state index contributed by atoms with van der Waals surface area (Å²) >= 11 is 0. The molecule has 1 aliphatic rings. The molecule has 82 valence electrons. The molecule has 0 heterocycles. The standard InChI is InChI=1S/C12H22O2/c1-10(13)14-12(2,3)9-11-7-5-4-6-8-11/h11H,4-9H2,1-3H3. The largest absolute Gasteiger partial charge is 0.460 e. The van der Waals surface area contributed by atoms with Gasteiger partial charge in [-0.1, -0.05) is 32.1 Å². The number of ether oxygens (including phenoxy) is 1. The highest BCUT2D eigenvalue weighted by Gasteiger charge is 2.26. The highest BCUT2D eigenvalue weighted by Crippen LogP contribution is 2.31. The molecule has 0 atom stereocenters. The molecular weight excluding hydrogens is 176 g/mol. The Hall–Kier alpha value is -0.530. The van der Waals surface area contributed by atoms with E-state index in [-0.39, 0.29) is 11.6 Å². The number of rotatable bonds is 3. The molecule has 14 heavy (non-hydrogen) atoms. The summed E-state index contributed by atoms with van der Waals surface area (Å²) in [6.45, 7) is 5.52. The minimum absolute atomic E-state index is 0.161. The smallest absolute Gasteiger partial charge is 0.303 e. The van der Waals surface area contributed by atoms with Gasteiger partial charge in [0.15, 0.2) is 0 Å². The van der Waals surface area contributed by atoms with Gasteiger partial charge in [0.2, 0.25) is 0 Å². The summed E-state index contributed by atoms with van der Waals surface area (Å²) in [4.78, 5) is 10.9. The van der Waals surface area contributed by atoms with Crippen LogP contribution in [0.3, 0.4) is 0 Å². The maximum Gasteiger partial charge on any atom is 0.303 e. The van der Waals surface area contributed by atoms with E-state index in [0.29, 0.717) is 0 Å². The van der Waals surface area contributed by atoms with Crippen LogP contribution < -0.4 is 0 Å². The summed E-state index contributed by atoms with van der Waals surface area (Å²) in [7, 11) is 0. The first-order chi connectivity index (χ1) is 6.49. The number of esters is 1. The van der Waals surface area contributed by atoms with Crippen molar-refractivity contribution in [1.82, 2.24) is 0 Å². The summed E-state index contributed by atoms with van der Waals surface area (Å²) in [5.74, 6) is 0.601. The van der Waals surface area contributed by atoms with Crippen LogP contribution in [0.1, 0.15) is 59.3 Å². The fourth-order valence-corrected chi connectivity index (χ4v) is 2.52. The Morgan fingerprint density at radius 2 is 1.86 bits per heavy atom. The summed E-state index contributed by atoms with van der Waals surface area (Å²) in [6, 6.07) is 0. The molecular formula is C12H22O2. The Kier molecular flexibility index (Phi) is 3.97. The molecule has 0 aromatic rings. The van der Waals surface area contributed by atoms with Crippen LogP contribution in [-0.2, 0) is 9.53 Å². The summed E-state index contributed by atoms with van der Waals surface area (Å²) in [5.41, 5.74) is -0.270. The fraction of sp³-hybridized carbons (Fsp3) is 0.917. The minimum atomic E-state index is -0.270. The quantitative estimate of drug-likeness (QED) is 0.650. The van der Waals surface area contributed by atoms with Crippen molar-refractivity contribution in [2.24, 2.45) is 5.92 Å². The third-order valence-electron chi connectivity index (χ3n) is 2.93. The predicted molar refractivity (Wildman–Crippen MR) is 57.0 cm³/mol. The van der Waals surface area contributed by atoms with E-state index in [1.54, 1.807) is 0 Å². The summed E-state index contributed by atoms with van der Waals surface area (Å²) < 4.78 is 5.30. The molecule has 1 fully saturated rings. The summed E-state index contributed by atoms with van der Waals surface area (Å²) in [5, 5.41) is 0. The minimum Gasteiger partial charge on any atom is -0.460 e. The second-order valence-corrected chi connectivity index (χ2v) is 5.06. The fourth-order valence-electron chi connectivity index (χ4n) is 2.52. The highest BCUT2D eigenvalue weighted by molar-refractivity contribution is 5.66. The molecule has 0 aliphatic heterocycles. The zero-order chi connectivity index (χ0) is 10.6. The van der Waals surface area contributed by atoms with Crippen LogP contribution in [0.25, 0.3) is 0 Å². The van der Waals surface area contributed by atoms with Crippen LogP contribution in [0.4, 0.5) is 0 Å². The monoisotopic (exact) mass is 198 g/mol. The van der Waals surface area contributed by atoms with Crippen molar-refractivity contribution in [3.05, 3.63) is 0 Å². The molecule has 0 amide bonds. The second kappa shape index (κ2) is 4.81. The lowest BCUT2D eigenvalue weighted by molar-refractivity contribution is -0.155. The van der Waals surface area contributed by atoms with Gasteiger partial charge in [-0.3, -0.25) is 4.79 Å². The second-order valence-electron chi connectivity index (χ2n) is 5.06. The Bertz CT molecular complexity index is 190. The van der Waals surface area contributed by atoms with E-state index in [0.717, 1.165) is 12.3 Å². The van der Waals surface area contributed by atoms with E-state index in [1.165, 1.54) is 39.0 Å². The van der Waals surface area contributed by atoms with Crippen molar-refractivity contribution in [3.63, 3.8) is 0 Å². The predicted octanol–water partition coefficient (Wildman–Crippen LogP) is 3.30. The van der Waals surface area contributed by atoms with Crippen molar-refractivity contribution in [3.8, 4) is 0 Å². The van der Waals surface area contributed by atoms with Gasteiger partial charge in [0.1, 0.15) is 5.60 Å². The lowest BCUT2D eigenvalue weighted by Crippen LogP contribution is -2.30. The van der Waals surface area contributed by atoms with E-state index >= 15 is 0 Å². The van der Waals surface area contributed by atoms with Crippen molar-refractivity contribution in [2.75, 3.05) is 0 Å². The molecule has 0 unspecified atom stereocenters. The van der Waals surface area contributed by atoms with Gasteiger partial charge in [-0.05, 0) is 26.2 Å². The van der Waals surface area contributed by atoms with Gasteiger partial charge in [0, 0.05) is 6.92 Å². The zero-order valence-electron chi connectivity index (χ0n) is 9.64. The van der Waals surface area contributed by atoms with Gasteiger partial charge in [-0.2, -0.15) is 0 Å². The molecule has 0 spiro atoms. The topological polar surface area (TPSA) is 26.3 Å². The molecule has 0 saturated heterocycles. The molecule has 2 nitrogen and oxygen atoms in total. The normalized spacial score (nSPS) is 19.4. The van der Waals surface area contributed by atoms with E-state index in [2.05, 4.69) is 0 Å². The van der Waals surface area contributed by atoms with E-state index < -0.39 is 0 Å². The number of carbonyl (C=O) groups is 1. The molecule has 0 aromatic heterocycles. The van der Waals surface area contributed by atoms with E-state index in [4.69, 9.17) is 4.74 Å². The summed E-state index contributed by atoms with van der Waals surface area (Å²) in [6.07, 6.45) is 7.72. The third-order valence-corrected chi connectivity index (χ3v) is 2.93. The van der Waals surface area contributed by atoms with Crippen LogP contribution in [-0.4, -0.2) is 11.6 Å². The van der Waals surface area contributed by atoms with Crippen molar-refractivity contribution >= 4 is 5.97 Å². The van der Waals surface area contributed by atoms with Gasteiger partial charge in [0.05, 0.1) is 0 Å². The van der Waals surface area contributed by atoms with Crippen LogP contribution in [0.5, 0.6) is 0 Å². The Balaban J connectivity index is 2.36. The number of hydrogen-bond donors (Lipinski definition) is 0. The first kappa shape index (κ1) is 11.5. The van der Waals surface area contributed by atoms with Crippen LogP contribution in [0, 0.1) is 5.92 Å². The van der Waals surface area contributed by atoms with Crippen molar-refractivity contribution in [1.29, 1.82) is 0 Å². The number of hydrogen-bond acceptors (Lipinski definition) is 2. The maximum absolute atomic E-state index is 10.9. The third kappa shape index (κ3) is 4.12. The average Bonchev–Trinajstić information content (AvgIpc) is 2.02. The van der Waals surface area contributed by atoms with Crippen LogP contribution in [0.15, 0.2) is 0 Å². The molecule has 1 saturated carbocycles. The molecule has 2 heteroatoms. The Morgan fingerprint density at radius 1 is 1.29 bits per heavy atom. The van der Waals surface area contributed by atoms with Gasteiger partial charge in [-0.15, -0.1) is 0 Å². The molecule has 1 aliphatic carbocycles. The van der Waals surface area contributed by atoms with Crippen LogP contribution >= 0.6 is 0 Å². The average molecular weight is 198 g/mol. The van der Waals surface area contributed by atoms with Crippen molar-refractivity contribution < 1.29 is 9.53 Å². The van der Waals surface area contributed by atoms with Gasteiger partial charge < -0.3 is 4.74 Å². The molecule has 0 aromatic carbocycles. The highest BCUT2D eigenvalue weighted by atomic mass is 16.6. The first-order valence-electron chi connectivity index (χ1n) is 5.69. The van der Waals surface area contributed by atoms with Crippen LogP contribution in [0.2, 0.25) is 0 Å². The van der Waals surface area contributed by atoms with Crippen molar-refractivity contribution in [2.45, 2.75) is 64.9 Å². The van der Waals surface area contributed by atoms with Gasteiger partial charge >= 0.3 is 5.97 Å². The Morgan fingerprint density at radius 3 is 2.36 bits per heavy atom. The maximum atomic E-state index is 10.9. The first-order valence-corrected chi connectivity index (χ1v) is 5.69. The van der Waals surface area contributed by atoms with Gasteiger partial charge in [-0.25, -0.2) is 0 Å². The molecule has 0 N–H and O–H groups in total. The molecule has 0 radical (unpaired) electrons. The molecule has 1 rings (SSSR count).